The van der Waals surface area contributed by atoms with E-state index in [1.165, 1.54) is 0 Å². The Hall–Kier alpha value is -3.51. The average Bonchev–Trinajstić information content (AvgIpc) is 2.80. The molecule has 0 spiro atoms. The second-order valence-corrected chi connectivity index (χ2v) is 7.98. The molecule has 0 aromatic heterocycles. The van der Waals surface area contributed by atoms with Gasteiger partial charge in [0.15, 0.2) is 0 Å². The van der Waals surface area contributed by atoms with E-state index in [0.29, 0.717) is 12.0 Å². The summed E-state index contributed by atoms with van der Waals surface area (Å²) in [6.07, 6.45) is -0.0607. The second-order valence-electron chi connectivity index (χ2n) is 7.98. The lowest BCUT2D eigenvalue weighted by atomic mass is 9.99. The van der Waals surface area contributed by atoms with Gasteiger partial charge in [0, 0.05) is 6.42 Å². The van der Waals surface area contributed by atoms with Crippen molar-refractivity contribution in [2.75, 3.05) is 6.61 Å². The van der Waals surface area contributed by atoms with Gasteiger partial charge in [0.25, 0.3) is 0 Å². The fraction of sp³-hybridized carbons (Fsp3) is 0.500. The molecule has 0 saturated heterocycles. The SMILES string of the molecule is CCC(C)C(N)C(=O)NC(CO)C(=O)NC(CC(N)=O)C(=O)NC(Cc1ccccc1)C(=O)O. The molecule has 0 aliphatic rings. The van der Waals surface area contributed by atoms with E-state index in [2.05, 4.69) is 16.0 Å². The maximum absolute atomic E-state index is 12.7. The van der Waals surface area contributed by atoms with E-state index in [1.807, 2.05) is 6.92 Å². The number of primary amides is 1. The zero-order valence-corrected chi connectivity index (χ0v) is 19.2. The van der Waals surface area contributed by atoms with Crippen molar-refractivity contribution < 1.29 is 34.2 Å². The van der Waals surface area contributed by atoms with E-state index in [1.54, 1.807) is 37.3 Å². The van der Waals surface area contributed by atoms with Gasteiger partial charge in [0.05, 0.1) is 19.1 Å². The van der Waals surface area contributed by atoms with Gasteiger partial charge in [-0.05, 0) is 11.5 Å². The van der Waals surface area contributed by atoms with E-state index in [0.717, 1.165) is 0 Å². The van der Waals surface area contributed by atoms with Crippen molar-refractivity contribution in [3.05, 3.63) is 35.9 Å². The molecule has 12 heteroatoms. The number of nitrogens with two attached hydrogens (primary N) is 2. The lowest BCUT2D eigenvalue weighted by Crippen LogP contribution is -2.59. The highest BCUT2D eigenvalue weighted by atomic mass is 16.4. The monoisotopic (exact) mass is 479 g/mol. The number of aliphatic carboxylic acids is 1. The molecule has 0 bridgehead atoms. The first-order valence-corrected chi connectivity index (χ1v) is 10.8. The molecule has 1 aromatic carbocycles. The second kappa shape index (κ2) is 13.9. The first-order chi connectivity index (χ1) is 16.0. The number of aliphatic hydroxyl groups is 1. The molecule has 1 aromatic rings. The Balaban J connectivity index is 2.92. The zero-order chi connectivity index (χ0) is 25.8. The van der Waals surface area contributed by atoms with E-state index < -0.39 is 66.8 Å². The number of amides is 4. The minimum Gasteiger partial charge on any atom is -0.480 e. The molecule has 12 nitrogen and oxygen atoms in total. The molecule has 0 aliphatic carbocycles. The van der Waals surface area contributed by atoms with Gasteiger partial charge in [-0.15, -0.1) is 0 Å². The topological polar surface area (TPSA) is 214 Å². The Morgan fingerprint density at radius 2 is 1.44 bits per heavy atom. The van der Waals surface area contributed by atoms with E-state index in [-0.39, 0.29) is 12.3 Å². The van der Waals surface area contributed by atoms with Crippen LogP contribution < -0.4 is 27.4 Å². The van der Waals surface area contributed by atoms with Crippen LogP contribution in [0.5, 0.6) is 0 Å². The highest BCUT2D eigenvalue weighted by molar-refractivity contribution is 5.96. The Labute approximate surface area is 197 Å². The number of rotatable bonds is 14. The van der Waals surface area contributed by atoms with Crippen molar-refractivity contribution in [2.24, 2.45) is 17.4 Å². The lowest BCUT2D eigenvalue weighted by molar-refractivity contribution is -0.142. The Morgan fingerprint density at radius 1 is 0.912 bits per heavy atom. The van der Waals surface area contributed by atoms with Crippen molar-refractivity contribution in [3.8, 4) is 0 Å². The quantitative estimate of drug-likeness (QED) is 0.158. The standard InChI is InChI=1S/C22H33N5O7/c1-3-12(2)18(24)21(32)27-16(11-28)20(31)25-14(10-17(23)29)19(30)26-15(22(33)34)9-13-7-5-4-6-8-13/h4-8,12,14-16,18,28H,3,9-11,24H2,1-2H3,(H2,23,29)(H,25,31)(H,26,30)(H,27,32)(H,33,34). The summed E-state index contributed by atoms with van der Waals surface area (Å²) in [6, 6.07) is 3.29. The van der Waals surface area contributed by atoms with Crippen molar-refractivity contribution in [1.82, 2.24) is 16.0 Å². The van der Waals surface area contributed by atoms with Gasteiger partial charge in [-0.25, -0.2) is 4.79 Å². The largest absolute Gasteiger partial charge is 0.480 e. The van der Waals surface area contributed by atoms with Gasteiger partial charge in [-0.1, -0.05) is 50.6 Å². The minimum atomic E-state index is -1.53. The third kappa shape index (κ3) is 9.16. The van der Waals surface area contributed by atoms with Crippen LogP contribution in [0.4, 0.5) is 0 Å². The lowest BCUT2D eigenvalue weighted by Gasteiger charge is -2.25. The summed E-state index contributed by atoms with van der Waals surface area (Å²) < 4.78 is 0. The minimum absolute atomic E-state index is 0.0397. The first-order valence-electron chi connectivity index (χ1n) is 10.8. The number of hydrogen-bond donors (Lipinski definition) is 7. The number of carboxylic acid groups (broad SMARTS) is 1. The van der Waals surface area contributed by atoms with Crippen LogP contribution in [0, 0.1) is 5.92 Å². The average molecular weight is 480 g/mol. The summed E-state index contributed by atoms with van der Waals surface area (Å²) in [4.78, 5) is 60.7. The molecule has 0 radical (unpaired) electrons. The molecule has 5 unspecified atom stereocenters. The molecule has 0 heterocycles. The van der Waals surface area contributed by atoms with Gasteiger partial charge in [-0.2, -0.15) is 0 Å². The molecule has 5 atom stereocenters. The van der Waals surface area contributed by atoms with Crippen LogP contribution in [0.2, 0.25) is 0 Å². The molecule has 4 amide bonds. The van der Waals surface area contributed by atoms with Crippen LogP contribution in [0.15, 0.2) is 30.3 Å². The van der Waals surface area contributed by atoms with Crippen molar-refractivity contribution in [2.45, 2.75) is 57.3 Å². The highest BCUT2D eigenvalue weighted by Crippen LogP contribution is 2.07. The molecule has 0 aliphatic heterocycles. The summed E-state index contributed by atoms with van der Waals surface area (Å²) in [5.41, 5.74) is 11.7. The fourth-order valence-electron chi connectivity index (χ4n) is 2.98. The van der Waals surface area contributed by atoms with Gasteiger partial charge >= 0.3 is 5.97 Å². The number of hydrogen-bond acceptors (Lipinski definition) is 7. The molecule has 0 saturated carbocycles. The molecular weight excluding hydrogens is 446 g/mol. The maximum Gasteiger partial charge on any atom is 0.326 e. The summed E-state index contributed by atoms with van der Waals surface area (Å²) in [7, 11) is 0. The van der Waals surface area contributed by atoms with Crippen molar-refractivity contribution in [3.63, 3.8) is 0 Å². The maximum atomic E-state index is 12.7. The highest BCUT2D eigenvalue weighted by Gasteiger charge is 2.31. The van der Waals surface area contributed by atoms with Crippen molar-refractivity contribution >= 4 is 29.6 Å². The molecule has 34 heavy (non-hydrogen) atoms. The van der Waals surface area contributed by atoms with Crippen LogP contribution in [0.3, 0.4) is 0 Å². The number of carbonyl (C=O) groups is 5. The molecule has 1 rings (SSSR count). The fourth-order valence-corrected chi connectivity index (χ4v) is 2.98. The predicted octanol–water partition coefficient (Wildman–Crippen LogP) is -1.99. The molecular formula is C22H33N5O7. The van der Waals surface area contributed by atoms with Gasteiger partial charge in [0.2, 0.25) is 23.6 Å². The summed E-state index contributed by atoms with van der Waals surface area (Å²) in [5.74, 6) is -5.04. The number of aliphatic hydroxyl groups excluding tert-OH is 1. The van der Waals surface area contributed by atoms with E-state index >= 15 is 0 Å². The normalized spacial score (nSPS) is 15.2. The third-order valence-electron chi connectivity index (χ3n) is 5.31. The smallest absolute Gasteiger partial charge is 0.326 e. The number of carbonyl (C=O) groups excluding carboxylic acids is 4. The number of nitrogens with one attached hydrogen (secondary N) is 3. The van der Waals surface area contributed by atoms with Gasteiger partial charge in [0.1, 0.15) is 18.1 Å². The summed E-state index contributed by atoms with van der Waals surface area (Å²) in [5, 5.41) is 25.9. The Morgan fingerprint density at radius 3 is 1.94 bits per heavy atom. The predicted molar refractivity (Wildman–Crippen MR) is 122 cm³/mol. The summed E-state index contributed by atoms with van der Waals surface area (Å²) in [6.45, 7) is 2.78. The van der Waals surface area contributed by atoms with E-state index in [4.69, 9.17) is 11.5 Å². The van der Waals surface area contributed by atoms with Gasteiger partial charge in [-0.3, -0.25) is 19.2 Å². The van der Waals surface area contributed by atoms with E-state index in [9.17, 15) is 34.2 Å². The Bertz CT molecular complexity index is 864. The van der Waals surface area contributed by atoms with Crippen LogP contribution in [-0.4, -0.2) is 70.6 Å². The van der Waals surface area contributed by atoms with Crippen LogP contribution >= 0.6 is 0 Å². The molecule has 9 N–H and O–H groups in total. The third-order valence-corrected chi connectivity index (χ3v) is 5.31. The summed E-state index contributed by atoms with van der Waals surface area (Å²) >= 11 is 0. The molecule has 0 fully saturated rings. The van der Waals surface area contributed by atoms with Crippen LogP contribution in [0.25, 0.3) is 0 Å². The zero-order valence-electron chi connectivity index (χ0n) is 19.2. The molecule has 188 valence electrons. The Kier molecular flexibility index (Phi) is 11.7. The van der Waals surface area contributed by atoms with Crippen LogP contribution in [0.1, 0.15) is 32.3 Å². The van der Waals surface area contributed by atoms with Crippen molar-refractivity contribution in [1.29, 1.82) is 0 Å². The number of carboxylic acids is 1. The number of benzene rings is 1. The van der Waals surface area contributed by atoms with Gasteiger partial charge < -0.3 is 37.6 Å². The van der Waals surface area contributed by atoms with Crippen LogP contribution in [-0.2, 0) is 30.4 Å². The first kappa shape index (κ1) is 28.5.